The number of aryl methyl sites for hydroxylation is 1. The molecule has 1 N–H and O–H groups in total. The summed E-state index contributed by atoms with van der Waals surface area (Å²) in [7, 11) is 1.59. The molecule has 0 fully saturated rings. The van der Waals surface area contributed by atoms with Crippen LogP contribution in [0.5, 0.6) is 11.5 Å². The SMILES string of the molecule is COc1cc(OC(=O)c2ccccc2Cl)ccc1-c1ccc2c3c1CN(c1cc(F)ccc1C)C3=CC(C)(C)N2. The molecule has 0 aliphatic carbocycles. The Kier molecular flexibility index (Phi) is 6.31. The number of hydrogen-bond donors (Lipinski definition) is 1. The monoisotopic (exact) mass is 554 g/mol. The highest BCUT2D eigenvalue weighted by Gasteiger charge is 2.37. The number of carbonyl (C=O) groups excluding carboxylic acids is 1. The molecule has 5 nitrogen and oxygen atoms in total. The van der Waals surface area contributed by atoms with Crippen LogP contribution in [0.15, 0.2) is 78.9 Å². The van der Waals surface area contributed by atoms with Crippen LogP contribution in [0.3, 0.4) is 0 Å². The number of rotatable bonds is 5. The van der Waals surface area contributed by atoms with Crippen LogP contribution in [0, 0.1) is 12.7 Å². The molecule has 4 aromatic carbocycles. The number of nitrogens with zero attached hydrogens (tertiary/aromatic N) is 1. The Hall–Kier alpha value is -4.29. The van der Waals surface area contributed by atoms with Gasteiger partial charge in [-0.2, -0.15) is 0 Å². The molecule has 0 radical (unpaired) electrons. The summed E-state index contributed by atoms with van der Waals surface area (Å²) in [5, 5.41) is 3.95. The van der Waals surface area contributed by atoms with Gasteiger partial charge in [0.05, 0.1) is 23.2 Å². The fourth-order valence-electron chi connectivity index (χ4n) is 5.55. The topological polar surface area (TPSA) is 50.8 Å². The Bertz CT molecular complexity index is 1710. The van der Waals surface area contributed by atoms with Crippen molar-refractivity contribution in [1.82, 2.24) is 0 Å². The lowest BCUT2D eigenvalue weighted by Gasteiger charge is -2.33. The zero-order chi connectivity index (χ0) is 28.2. The first kappa shape index (κ1) is 26.0. The summed E-state index contributed by atoms with van der Waals surface area (Å²) in [5.74, 6) is 0.100. The maximum absolute atomic E-state index is 14.4. The minimum Gasteiger partial charge on any atom is -0.496 e. The van der Waals surface area contributed by atoms with E-state index in [1.165, 1.54) is 6.07 Å². The molecule has 2 aliphatic rings. The summed E-state index contributed by atoms with van der Waals surface area (Å²) in [6, 6.07) is 21.2. The maximum atomic E-state index is 14.4. The molecule has 4 aromatic rings. The first-order chi connectivity index (χ1) is 19.1. The maximum Gasteiger partial charge on any atom is 0.345 e. The highest BCUT2D eigenvalue weighted by molar-refractivity contribution is 6.33. The minimum absolute atomic E-state index is 0.269. The van der Waals surface area contributed by atoms with Crippen molar-refractivity contribution in [2.75, 3.05) is 17.3 Å². The first-order valence-electron chi connectivity index (χ1n) is 13.0. The van der Waals surface area contributed by atoms with Crippen molar-refractivity contribution < 1.29 is 18.7 Å². The van der Waals surface area contributed by atoms with Gasteiger partial charge in [0.25, 0.3) is 0 Å². The third kappa shape index (κ3) is 4.48. The fraction of sp³-hybridized carbons (Fsp3) is 0.182. The van der Waals surface area contributed by atoms with Crippen LogP contribution in [0.25, 0.3) is 16.8 Å². The second-order valence-electron chi connectivity index (χ2n) is 10.6. The second kappa shape index (κ2) is 9.72. The standard InChI is InChI=1S/C33H28ClFN2O3/c1-19-9-10-20(35)15-28(19)37-18-25-22(13-14-27-31(25)29(37)17-33(2,3)36-27)23-12-11-21(16-30(23)39-4)40-32(38)24-7-5-6-8-26(24)34/h5-17,36H,18H2,1-4H3. The number of halogens is 2. The number of esters is 1. The van der Waals surface area contributed by atoms with E-state index in [1.54, 1.807) is 49.6 Å². The van der Waals surface area contributed by atoms with Gasteiger partial charge in [0.15, 0.2) is 0 Å². The highest BCUT2D eigenvalue weighted by atomic mass is 35.5. The molecule has 0 amide bonds. The van der Waals surface area contributed by atoms with E-state index in [0.29, 0.717) is 23.1 Å². The predicted octanol–water partition coefficient (Wildman–Crippen LogP) is 8.25. The first-order valence-corrected chi connectivity index (χ1v) is 13.4. The van der Waals surface area contributed by atoms with Crippen molar-refractivity contribution >= 4 is 34.6 Å². The van der Waals surface area contributed by atoms with Gasteiger partial charge in [0, 0.05) is 40.8 Å². The van der Waals surface area contributed by atoms with E-state index >= 15 is 0 Å². The molecule has 0 spiro atoms. The Morgan fingerprint density at radius 1 is 1.02 bits per heavy atom. The van der Waals surface area contributed by atoms with E-state index in [-0.39, 0.29) is 16.9 Å². The highest BCUT2D eigenvalue weighted by Crippen LogP contribution is 2.50. The third-order valence-electron chi connectivity index (χ3n) is 7.36. The molecule has 0 atom stereocenters. The van der Waals surface area contributed by atoms with Crippen molar-refractivity contribution in [3.63, 3.8) is 0 Å². The zero-order valence-corrected chi connectivity index (χ0v) is 23.4. The molecular formula is C33H28ClFN2O3. The van der Waals surface area contributed by atoms with Gasteiger partial charge in [-0.3, -0.25) is 0 Å². The van der Waals surface area contributed by atoms with Crippen LogP contribution in [0.4, 0.5) is 15.8 Å². The molecule has 202 valence electrons. The van der Waals surface area contributed by atoms with Crippen molar-refractivity contribution in [2.24, 2.45) is 0 Å². The number of methoxy groups -OCH3 is 1. The Morgan fingerprint density at radius 2 is 1.80 bits per heavy atom. The number of hydrogen-bond acceptors (Lipinski definition) is 5. The van der Waals surface area contributed by atoms with Crippen LogP contribution < -0.4 is 19.7 Å². The van der Waals surface area contributed by atoms with Gasteiger partial charge in [-0.1, -0.05) is 35.9 Å². The van der Waals surface area contributed by atoms with Crippen molar-refractivity contribution in [3.05, 3.63) is 112 Å². The minimum atomic E-state index is -0.544. The van der Waals surface area contributed by atoms with Crippen molar-refractivity contribution in [2.45, 2.75) is 32.9 Å². The Morgan fingerprint density at radius 3 is 2.58 bits per heavy atom. The number of ether oxygens (including phenoxy) is 2. The molecule has 6 rings (SSSR count). The van der Waals surface area contributed by atoms with Crippen LogP contribution in [0.1, 0.15) is 40.9 Å². The molecule has 0 aromatic heterocycles. The van der Waals surface area contributed by atoms with E-state index in [0.717, 1.165) is 44.9 Å². The molecule has 7 heteroatoms. The van der Waals surface area contributed by atoms with Crippen molar-refractivity contribution in [1.29, 1.82) is 0 Å². The van der Waals surface area contributed by atoms with Crippen LogP contribution >= 0.6 is 11.6 Å². The summed E-state index contributed by atoms with van der Waals surface area (Å²) in [5.41, 5.74) is 7.97. The average molecular weight is 555 g/mol. The molecular weight excluding hydrogens is 527 g/mol. The number of benzene rings is 4. The van der Waals surface area contributed by atoms with Gasteiger partial charge in [-0.05, 0) is 86.0 Å². The number of carbonyl (C=O) groups is 1. The normalized spacial score (nSPS) is 14.8. The van der Waals surface area contributed by atoms with Crippen molar-refractivity contribution in [3.8, 4) is 22.6 Å². The smallest absolute Gasteiger partial charge is 0.345 e. The summed E-state index contributed by atoms with van der Waals surface area (Å²) >= 11 is 6.18. The van der Waals surface area contributed by atoms with Gasteiger partial charge in [0.2, 0.25) is 0 Å². The largest absolute Gasteiger partial charge is 0.496 e. The predicted molar refractivity (Wildman–Crippen MR) is 158 cm³/mol. The second-order valence-corrected chi connectivity index (χ2v) is 11.0. The lowest BCUT2D eigenvalue weighted by atomic mass is 9.89. The Balaban J connectivity index is 1.42. The molecule has 0 saturated carbocycles. The number of anilines is 2. The van der Waals surface area contributed by atoms with E-state index in [9.17, 15) is 9.18 Å². The van der Waals surface area contributed by atoms with Gasteiger partial charge < -0.3 is 19.7 Å². The molecule has 2 heterocycles. The number of nitrogens with one attached hydrogen (secondary N) is 1. The summed E-state index contributed by atoms with van der Waals surface area (Å²) in [6.45, 7) is 6.81. The van der Waals surface area contributed by atoms with Gasteiger partial charge in [-0.15, -0.1) is 0 Å². The van der Waals surface area contributed by atoms with Gasteiger partial charge in [0.1, 0.15) is 17.3 Å². The lowest BCUT2D eigenvalue weighted by molar-refractivity contribution is 0.0734. The average Bonchev–Trinajstić information content (AvgIpc) is 3.29. The quantitative estimate of drug-likeness (QED) is 0.199. The fourth-order valence-corrected chi connectivity index (χ4v) is 5.76. The van der Waals surface area contributed by atoms with E-state index in [2.05, 4.69) is 42.3 Å². The van der Waals surface area contributed by atoms with E-state index in [1.807, 2.05) is 19.1 Å². The third-order valence-corrected chi connectivity index (χ3v) is 7.69. The van der Waals surface area contributed by atoms with E-state index in [4.69, 9.17) is 21.1 Å². The van der Waals surface area contributed by atoms with Gasteiger partial charge >= 0.3 is 5.97 Å². The van der Waals surface area contributed by atoms with Crippen LogP contribution in [-0.4, -0.2) is 18.6 Å². The van der Waals surface area contributed by atoms with Crippen LogP contribution in [0.2, 0.25) is 5.02 Å². The molecule has 0 unspecified atom stereocenters. The van der Waals surface area contributed by atoms with Gasteiger partial charge in [-0.25, -0.2) is 9.18 Å². The summed E-state index contributed by atoms with van der Waals surface area (Å²) in [4.78, 5) is 14.9. The van der Waals surface area contributed by atoms with E-state index < -0.39 is 5.97 Å². The molecule has 40 heavy (non-hydrogen) atoms. The summed E-state index contributed by atoms with van der Waals surface area (Å²) in [6.07, 6.45) is 2.20. The Labute approximate surface area is 237 Å². The molecule has 0 bridgehead atoms. The lowest BCUT2D eigenvalue weighted by Crippen LogP contribution is -2.33. The molecule has 0 saturated heterocycles. The zero-order valence-electron chi connectivity index (χ0n) is 22.6. The molecule has 2 aliphatic heterocycles. The van der Waals surface area contributed by atoms with Crippen LogP contribution in [-0.2, 0) is 6.54 Å². The summed E-state index contributed by atoms with van der Waals surface area (Å²) < 4.78 is 25.8.